The highest BCUT2D eigenvalue weighted by atomic mass is 35.5. The molecule has 0 nitrogen and oxygen atoms in total. The van der Waals surface area contributed by atoms with E-state index in [2.05, 4.69) is 42.5 Å². The van der Waals surface area contributed by atoms with Crippen LogP contribution in [0.25, 0.3) is 16.0 Å². The molecule has 0 fully saturated rings. The maximum atomic E-state index is 6.43. The Hall–Kier alpha value is -1.44. The van der Waals surface area contributed by atoms with Crippen LogP contribution in [0.1, 0.15) is 5.56 Å². The van der Waals surface area contributed by atoms with Crippen molar-refractivity contribution in [2.24, 2.45) is 0 Å². The molecule has 2 aromatic rings. The summed E-state index contributed by atoms with van der Waals surface area (Å²) in [6, 6.07) is 16.6. The molecule has 0 spiro atoms. The Bertz CT molecular complexity index is 642. The SMILES string of the molecule is Clc1cc(-c2ccccc2)ccc1C1=CC=CCS1. The van der Waals surface area contributed by atoms with Gasteiger partial charge in [0.15, 0.2) is 0 Å². The molecule has 0 N–H and O–H groups in total. The van der Waals surface area contributed by atoms with Crippen LogP contribution in [0.5, 0.6) is 0 Å². The number of thioether (sulfide) groups is 1. The largest absolute Gasteiger partial charge is 0.121 e. The summed E-state index contributed by atoms with van der Waals surface area (Å²) in [4.78, 5) is 1.24. The average molecular weight is 285 g/mol. The van der Waals surface area contributed by atoms with Gasteiger partial charge in [-0.3, -0.25) is 0 Å². The van der Waals surface area contributed by atoms with Gasteiger partial charge in [0.2, 0.25) is 0 Å². The molecule has 0 amide bonds. The second kappa shape index (κ2) is 5.68. The predicted molar refractivity (Wildman–Crippen MR) is 86.5 cm³/mol. The molecule has 0 radical (unpaired) electrons. The zero-order valence-electron chi connectivity index (χ0n) is 10.3. The van der Waals surface area contributed by atoms with Gasteiger partial charge in [-0.15, -0.1) is 11.8 Å². The van der Waals surface area contributed by atoms with Gasteiger partial charge >= 0.3 is 0 Å². The molecule has 94 valence electrons. The fraction of sp³-hybridized carbons (Fsp3) is 0.0588. The van der Waals surface area contributed by atoms with Crippen molar-refractivity contribution in [2.45, 2.75) is 0 Å². The van der Waals surface area contributed by atoms with E-state index in [0.717, 1.165) is 21.9 Å². The molecule has 3 rings (SSSR count). The lowest BCUT2D eigenvalue weighted by Crippen LogP contribution is -1.88. The third-order valence-corrected chi connectivity index (χ3v) is 4.40. The van der Waals surface area contributed by atoms with Crippen LogP contribution in [-0.4, -0.2) is 5.75 Å². The smallest absolute Gasteiger partial charge is 0.0495 e. The molecule has 1 aliphatic rings. The number of allylic oxidation sites excluding steroid dienone is 2. The Morgan fingerprint density at radius 2 is 1.79 bits per heavy atom. The van der Waals surface area contributed by atoms with Crippen LogP contribution in [-0.2, 0) is 0 Å². The summed E-state index contributed by atoms with van der Waals surface area (Å²) in [5.74, 6) is 1.02. The van der Waals surface area contributed by atoms with Crippen molar-refractivity contribution >= 4 is 28.3 Å². The van der Waals surface area contributed by atoms with Gasteiger partial charge < -0.3 is 0 Å². The molecular formula is C17H13ClS. The van der Waals surface area contributed by atoms with E-state index in [4.69, 9.17) is 11.6 Å². The van der Waals surface area contributed by atoms with Gasteiger partial charge in [-0.25, -0.2) is 0 Å². The number of halogens is 1. The van der Waals surface area contributed by atoms with Crippen molar-refractivity contribution in [1.82, 2.24) is 0 Å². The summed E-state index contributed by atoms with van der Waals surface area (Å²) in [7, 11) is 0. The van der Waals surface area contributed by atoms with Gasteiger partial charge in [-0.05, 0) is 23.3 Å². The summed E-state index contributed by atoms with van der Waals surface area (Å²) >= 11 is 8.26. The molecule has 2 aromatic carbocycles. The molecular weight excluding hydrogens is 272 g/mol. The fourth-order valence-electron chi connectivity index (χ4n) is 2.09. The third-order valence-electron chi connectivity index (χ3n) is 3.06. The number of hydrogen-bond donors (Lipinski definition) is 0. The second-order valence-electron chi connectivity index (χ2n) is 4.33. The first-order chi connectivity index (χ1) is 9.34. The fourth-order valence-corrected chi connectivity index (χ4v) is 3.32. The van der Waals surface area contributed by atoms with E-state index in [1.54, 1.807) is 0 Å². The normalized spacial score (nSPS) is 14.3. The van der Waals surface area contributed by atoms with Crippen LogP contribution in [0, 0.1) is 0 Å². The molecule has 0 unspecified atom stereocenters. The number of hydrogen-bond acceptors (Lipinski definition) is 1. The lowest BCUT2D eigenvalue weighted by molar-refractivity contribution is 1.59. The lowest BCUT2D eigenvalue weighted by Gasteiger charge is -2.12. The molecule has 0 bridgehead atoms. The first-order valence-electron chi connectivity index (χ1n) is 6.19. The lowest BCUT2D eigenvalue weighted by atomic mass is 10.0. The first kappa shape index (κ1) is 12.6. The van der Waals surface area contributed by atoms with Gasteiger partial charge in [-0.2, -0.15) is 0 Å². The van der Waals surface area contributed by atoms with Crippen molar-refractivity contribution in [3.05, 3.63) is 77.3 Å². The summed E-state index contributed by atoms with van der Waals surface area (Å²) in [5, 5.41) is 0.815. The Labute approximate surface area is 122 Å². The maximum Gasteiger partial charge on any atom is 0.0495 e. The van der Waals surface area contributed by atoms with E-state index in [1.165, 1.54) is 10.5 Å². The number of rotatable bonds is 2. The van der Waals surface area contributed by atoms with Crippen molar-refractivity contribution in [3.8, 4) is 11.1 Å². The predicted octanol–water partition coefficient (Wildman–Crippen LogP) is 5.65. The van der Waals surface area contributed by atoms with E-state index in [-0.39, 0.29) is 0 Å². The maximum absolute atomic E-state index is 6.43. The Morgan fingerprint density at radius 1 is 0.947 bits per heavy atom. The van der Waals surface area contributed by atoms with Gasteiger partial charge in [0.25, 0.3) is 0 Å². The van der Waals surface area contributed by atoms with E-state index < -0.39 is 0 Å². The Kier molecular flexibility index (Phi) is 3.77. The Morgan fingerprint density at radius 3 is 2.47 bits per heavy atom. The molecule has 19 heavy (non-hydrogen) atoms. The topological polar surface area (TPSA) is 0 Å². The van der Waals surface area contributed by atoms with Gasteiger partial charge in [0.1, 0.15) is 0 Å². The zero-order chi connectivity index (χ0) is 13.1. The molecule has 0 saturated carbocycles. The monoisotopic (exact) mass is 284 g/mol. The Balaban J connectivity index is 1.99. The van der Waals surface area contributed by atoms with Gasteiger partial charge in [-0.1, -0.05) is 66.2 Å². The molecule has 0 aromatic heterocycles. The quantitative estimate of drug-likeness (QED) is 0.686. The van der Waals surface area contributed by atoms with Crippen LogP contribution < -0.4 is 0 Å². The van der Waals surface area contributed by atoms with Crippen LogP contribution in [0.3, 0.4) is 0 Å². The standard InChI is InChI=1S/C17H13ClS/c18-16-12-14(13-6-2-1-3-7-13)9-10-15(16)17-8-4-5-11-19-17/h1-10,12H,11H2. The molecule has 0 saturated heterocycles. The van der Waals surface area contributed by atoms with E-state index in [1.807, 2.05) is 36.0 Å². The van der Waals surface area contributed by atoms with Gasteiger partial charge in [0.05, 0.1) is 0 Å². The minimum atomic E-state index is 0.815. The minimum absolute atomic E-state index is 0.815. The summed E-state index contributed by atoms with van der Waals surface area (Å²) in [5.41, 5.74) is 3.48. The van der Waals surface area contributed by atoms with Gasteiger partial charge in [0, 0.05) is 21.2 Å². The average Bonchev–Trinajstić information content (AvgIpc) is 2.49. The van der Waals surface area contributed by atoms with E-state index in [0.29, 0.717) is 0 Å². The van der Waals surface area contributed by atoms with Crippen molar-refractivity contribution in [3.63, 3.8) is 0 Å². The van der Waals surface area contributed by atoms with Crippen LogP contribution in [0.4, 0.5) is 0 Å². The molecule has 0 atom stereocenters. The highest BCUT2D eigenvalue weighted by Crippen LogP contribution is 2.36. The van der Waals surface area contributed by atoms with Crippen LogP contribution in [0.2, 0.25) is 5.02 Å². The molecule has 0 aliphatic carbocycles. The summed E-state index contributed by atoms with van der Waals surface area (Å²) in [6.45, 7) is 0. The van der Waals surface area contributed by atoms with E-state index in [9.17, 15) is 0 Å². The molecule has 1 aliphatic heterocycles. The highest BCUT2D eigenvalue weighted by molar-refractivity contribution is 8.08. The molecule has 1 heterocycles. The summed E-state index contributed by atoms with van der Waals surface area (Å²) in [6.07, 6.45) is 6.37. The van der Waals surface area contributed by atoms with Crippen LogP contribution in [0.15, 0.2) is 66.8 Å². The third kappa shape index (κ3) is 2.78. The van der Waals surface area contributed by atoms with Crippen LogP contribution >= 0.6 is 23.4 Å². The highest BCUT2D eigenvalue weighted by Gasteiger charge is 2.09. The van der Waals surface area contributed by atoms with Crippen molar-refractivity contribution in [2.75, 3.05) is 5.75 Å². The van der Waals surface area contributed by atoms with Crippen molar-refractivity contribution in [1.29, 1.82) is 0 Å². The molecule has 2 heteroatoms. The van der Waals surface area contributed by atoms with E-state index >= 15 is 0 Å². The first-order valence-corrected chi connectivity index (χ1v) is 7.56. The second-order valence-corrected chi connectivity index (χ2v) is 5.80. The number of benzene rings is 2. The van der Waals surface area contributed by atoms with Crippen molar-refractivity contribution < 1.29 is 0 Å². The summed E-state index contributed by atoms with van der Waals surface area (Å²) < 4.78 is 0. The zero-order valence-corrected chi connectivity index (χ0v) is 11.9. The minimum Gasteiger partial charge on any atom is -0.121 e.